The number of carbonyl (C=O) groups is 3. The zero-order valence-electron chi connectivity index (χ0n) is 20.2. The van der Waals surface area contributed by atoms with Crippen LogP contribution in [-0.4, -0.2) is 47.4 Å². The molecule has 3 atom stereocenters. The first-order chi connectivity index (χ1) is 18.0. The third-order valence-electron chi connectivity index (χ3n) is 6.65. The van der Waals surface area contributed by atoms with Crippen LogP contribution in [0, 0.1) is 5.92 Å². The van der Waals surface area contributed by atoms with Crippen molar-refractivity contribution in [1.29, 1.82) is 0 Å². The zero-order valence-corrected chi connectivity index (χ0v) is 20.9. The van der Waals surface area contributed by atoms with Crippen molar-refractivity contribution in [2.75, 3.05) is 13.7 Å². The number of rotatable bonds is 8. The van der Waals surface area contributed by atoms with Gasteiger partial charge in [0.15, 0.2) is 6.10 Å². The second kappa shape index (κ2) is 10.7. The summed E-state index contributed by atoms with van der Waals surface area (Å²) in [6, 6.07) is 23.1. The van der Waals surface area contributed by atoms with E-state index in [4.69, 9.17) is 21.2 Å². The predicted molar refractivity (Wildman–Crippen MR) is 136 cm³/mol. The van der Waals surface area contributed by atoms with Gasteiger partial charge >= 0.3 is 0 Å². The van der Waals surface area contributed by atoms with Crippen molar-refractivity contribution in [1.82, 2.24) is 15.3 Å². The summed E-state index contributed by atoms with van der Waals surface area (Å²) in [6.07, 6.45) is -1.00. The lowest BCUT2D eigenvalue weighted by molar-refractivity contribution is -0.182. The van der Waals surface area contributed by atoms with Gasteiger partial charge < -0.3 is 10.1 Å². The number of fused-ring (bicyclic) bond motifs is 1. The van der Waals surface area contributed by atoms with Crippen molar-refractivity contribution < 1.29 is 24.0 Å². The van der Waals surface area contributed by atoms with Crippen molar-refractivity contribution in [3.05, 3.63) is 101 Å². The molecule has 5 rings (SSSR count). The standard InChI is InChI=1S/C28H26ClN3O5/c1-36-22-10-6-5-9-20(22)15-30-23(33)17-32-25(19-11-13-21(29)14-12-19)24-26(37-32)28(35)31(27(24)34)16-18-7-3-2-4-8-18/h2-14,24-26H,15-17H2,1H3,(H,30,33). The maximum atomic E-state index is 13.5. The highest BCUT2D eigenvalue weighted by atomic mass is 35.5. The van der Waals surface area contributed by atoms with Crippen molar-refractivity contribution in [2.24, 2.45) is 5.92 Å². The average Bonchev–Trinajstić information content (AvgIpc) is 3.39. The van der Waals surface area contributed by atoms with Gasteiger partial charge in [0.2, 0.25) is 11.8 Å². The minimum atomic E-state index is -1.00. The van der Waals surface area contributed by atoms with E-state index in [0.29, 0.717) is 10.8 Å². The lowest BCUT2D eigenvalue weighted by Gasteiger charge is -2.27. The van der Waals surface area contributed by atoms with Crippen LogP contribution in [0.25, 0.3) is 0 Å². The molecule has 2 saturated heterocycles. The fourth-order valence-corrected chi connectivity index (χ4v) is 4.98. The van der Waals surface area contributed by atoms with Gasteiger partial charge in [-0.1, -0.05) is 72.3 Å². The van der Waals surface area contributed by atoms with E-state index in [9.17, 15) is 14.4 Å². The number of likely N-dealkylation sites (tertiary alicyclic amines) is 1. The highest BCUT2D eigenvalue weighted by Gasteiger charge is 2.59. The first-order valence-electron chi connectivity index (χ1n) is 11.9. The molecule has 3 amide bonds. The van der Waals surface area contributed by atoms with Crippen LogP contribution in [0.1, 0.15) is 22.7 Å². The molecule has 190 valence electrons. The van der Waals surface area contributed by atoms with Crippen LogP contribution in [0.2, 0.25) is 5.02 Å². The van der Waals surface area contributed by atoms with Gasteiger partial charge in [0.25, 0.3) is 5.91 Å². The Bertz CT molecular complexity index is 1300. The number of benzene rings is 3. The average molecular weight is 520 g/mol. The van der Waals surface area contributed by atoms with Gasteiger partial charge in [-0.15, -0.1) is 0 Å². The summed E-state index contributed by atoms with van der Waals surface area (Å²) >= 11 is 6.09. The molecule has 0 aliphatic carbocycles. The molecular formula is C28H26ClN3O5. The molecule has 3 unspecified atom stereocenters. The van der Waals surface area contributed by atoms with E-state index in [0.717, 1.165) is 16.7 Å². The number of carbonyl (C=O) groups excluding carboxylic acids is 3. The Labute approximate surface area is 219 Å². The van der Waals surface area contributed by atoms with Crippen LogP contribution < -0.4 is 10.1 Å². The summed E-state index contributed by atoms with van der Waals surface area (Å²) < 4.78 is 5.35. The normalized spacial score (nSPS) is 21.2. The SMILES string of the molecule is COc1ccccc1CNC(=O)CN1OC2C(=O)N(Cc3ccccc3)C(=O)C2C1c1ccc(Cl)cc1. The van der Waals surface area contributed by atoms with Crippen molar-refractivity contribution in [2.45, 2.75) is 25.2 Å². The smallest absolute Gasteiger partial charge is 0.261 e. The number of hydroxylamine groups is 2. The molecule has 2 aliphatic rings. The molecular weight excluding hydrogens is 494 g/mol. The van der Waals surface area contributed by atoms with Gasteiger partial charge in [0.1, 0.15) is 12.3 Å². The molecule has 0 saturated carbocycles. The molecule has 9 heteroatoms. The number of amides is 3. The van der Waals surface area contributed by atoms with Gasteiger partial charge in [-0.2, -0.15) is 5.06 Å². The second-order valence-electron chi connectivity index (χ2n) is 8.96. The van der Waals surface area contributed by atoms with Gasteiger partial charge in [-0.05, 0) is 29.3 Å². The Morgan fingerprint density at radius 1 is 0.973 bits per heavy atom. The van der Waals surface area contributed by atoms with E-state index < -0.39 is 24.0 Å². The Hall–Kier alpha value is -3.72. The Balaban J connectivity index is 1.35. The fourth-order valence-electron chi connectivity index (χ4n) is 4.86. The van der Waals surface area contributed by atoms with Gasteiger partial charge in [-0.3, -0.25) is 24.1 Å². The summed E-state index contributed by atoms with van der Waals surface area (Å²) in [7, 11) is 1.57. The number of halogens is 1. The van der Waals surface area contributed by atoms with E-state index in [-0.39, 0.29) is 31.4 Å². The molecule has 8 nitrogen and oxygen atoms in total. The van der Waals surface area contributed by atoms with Crippen LogP contribution in [0.5, 0.6) is 5.75 Å². The monoisotopic (exact) mass is 519 g/mol. The molecule has 0 radical (unpaired) electrons. The molecule has 2 aliphatic heterocycles. The molecule has 37 heavy (non-hydrogen) atoms. The van der Waals surface area contributed by atoms with Gasteiger partial charge in [0.05, 0.1) is 25.6 Å². The number of hydrogen-bond donors (Lipinski definition) is 1. The maximum absolute atomic E-state index is 13.5. The second-order valence-corrected chi connectivity index (χ2v) is 9.40. The quantitative estimate of drug-likeness (QED) is 0.458. The number of methoxy groups -OCH3 is 1. The Kier molecular flexibility index (Phi) is 7.23. The van der Waals surface area contributed by atoms with Crippen molar-refractivity contribution >= 4 is 29.3 Å². The summed E-state index contributed by atoms with van der Waals surface area (Å²) in [5.41, 5.74) is 2.41. The molecule has 3 aromatic carbocycles. The van der Waals surface area contributed by atoms with E-state index >= 15 is 0 Å². The number of imide groups is 1. The molecule has 2 heterocycles. The molecule has 2 fully saturated rings. The third-order valence-corrected chi connectivity index (χ3v) is 6.90. The van der Waals surface area contributed by atoms with Crippen molar-refractivity contribution in [3.63, 3.8) is 0 Å². The summed E-state index contributed by atoms with van der Waals surface area (Å²) in [5, 5.41) is 4.85. The molecule has 3 aromatic rings. The van der Waals surface area contributed by atoms with E-state index in [2.05, 4.69) is 5.32 Å². The van der Waals surface area contributed by atoms with Crippen LogP contribution in [-0.2, 0) is 32.3 Å². The Morgan fingerprint density at radius 2 is 1.68 bits per heavy atom. The highest BCUT2D eigenvalue weighted by molar-refractivity contribution is 6.30. The van der Waals surface area contributed by atoms with Crippen LogP contribution in [0.3, 0.4) is 0 Å². The lowest BCUT2D eigenvalue weighted by atomic mass is 9.91. The molecule has 0 spiro atoms. The lowest BCUT2D eigenvalue weighted by Crippen LogP contribution is -2.41. The van der Waals surface area contributed by atoms with Gasteiger partial charge in [-0.25, -0.2) is 0 Å². The minimum absolute atomic E-state index is 0.158. The maximum Gasteiger partial charge on any atom is 0.261 e. The number of ether oxygens (including phenoxy) is 1. The Morgan fingerprint density at radius 3 is 2.41 bits per heavy atom. The first-order valence-corrected chi connectivity index (χ1v) is 12.3. The number of hydrogen-bond acceptors (Lipinski definition) is 6. The van der Waals surface area contributed by atoms with E-state index in [1.807, 2.05) is 54.6 Å². The van der Waals surface area contributed by atoms with Crippen LogP contribution in [0.4, 0.5) is 0 Å². The van der Waals surface area contributed by atoms with Crippen LogP contribution >= 0.6 is 11.6 Å². The third kappa shape index (κ3) is 5.09. The van der Waals surface area contributed by atoms with E-state index in [1.54, 1.807) is 31.4 Å². The zero-order chi connectivity index (χ0) is 25.9. The van der Waals surface area contributed by atoms with Crippen LogP contribution in [0.15, 0.2) is 78.9 Å². The summed E-state index contributed by atoms with van der Waals surface area (Å²) in [6.45, 7) is 0.272. The molecule has 0 bridgehead atoms. The number of nitrogens with one attached hydrogen (secondary N) is 1. The molecule has 1 N–H and O–H groups in total. The topological polar surface area (TPSA) is 88.2 Å². The largest absolute Gasteiger partial charge is 0.496 e. The van der Waals surface area contributed by atoms with E-state index in [1.165, 1.54) is 9.96 Å². The minimum Gasteiger partial charge on any atom is -0.496 e. The fraction of sp³-hybridized carbons (Fsp3) is 0.250. The first kappa shape index (κ1) is 25.0. The predicted octanol–water partition coefficient (Wildman–Crippen LogP) is 3.51. The van der Waals surface area contributed by atoms with Crippen molar-refractivity contribution in [3.8, 4) is 5.75 Å². The number of nitrogens with zero attached hydrogens (tertiary/aromatic N) is 2. The summed E-state index contributed by atoms with van der Waals surface area (Å²) in [5.74, 6) is -1.15. The number of para-hydroxylation sites is 1. The summed E-state index contributed by atoms with van der Waals surface area (Å²) in [4.78, 5) is 46.9. The van der Waals surface area contributed by atoms with Gasteiger partial charge in [0, 0.05) is 17.1 Å². The highest BCUT2D eigenvalue weighted by Crippen LogP contribution is 2.45. The molecule has 0 aromatic heterocycles.